The van der Waals surface area contributed by atoms with Crippen molar-refractivity contribution in [3.63, 3.8) is 0 Å². The number of hydrogen-bond acceptors (Lipinski definition) is 4. The monoisotopic (exact) mass is 196 g/mol. The molecule has 0 bridgehead atoms. The molecule has 0 amide bonds. The molecule has 3 N–H and O–H groups in total. The van der Waals surface area contributed by atoms with Crippen LogP contribution >= 0.6 is 0 Å². The maximum atomic E-state index is 10.6. The molecule has 76 valence electrons. The van der Waals surface area contributed by atoms with E-state index in [1.807, 2.05) is 0 Å². The van der Waals surface area contributed by atoms with E-state index in [0.717, 1.165) is 0 Å². The fraction of sp³-hybridized carbons (Fsp3) is 0.333. The van der Waals surface area contributed by atoms with Gasteiger partial charge in [-0.2, -0.15) is 0 Å². The summed E-state index contributed by atoms with van der Waals surface area (Å²) in [6.45, 7) is 2.05. The molecule has 0 atom stereocenters. The number of pyridine rings is 1. The molecular formula is C9H12N2O3. The van der Waals surface area contributed by atoms with E-state index in [2.05, 4.69) is 10.3 Å². The largest absolute Gasteiger partial charge is 0.478 e. The van der Waals surface area contributed by atoms with Crippen LogP contribution in [0.1, 0.15) is 16.1 Å². The van der Waals surface area contributed by atoms with Gasteiger partial charge in [0.05, 0.1) is 17.9 Å². The Morgan fingerprint density at radius 1 is 1.57 bits per heavy atom. The number of aliphatic hydroxyl groups is 1. The third kappa shape index (κ3) is 2.43. The molecule has 14 heavy (non-hydrogen) atoms. The van der Waals surface area contributed by atoms with Crippen molar-refractivity contribution in [2.45, 2.75) is 6.92 Å². The Kier molecular flexibility index (Phi) is 3.41. The average molecular weight is 196 g/mol. The van der Waals surface area contributed by atoms with Crippen molar-refractivity contribution in [3.8, 4) is 0 Å². The normalized spacial score (nSPS) is 9.86. The van der Waals surface area contributed by atoms with Gasteiger partial charge in [-0.05, 0) is 19.1 Å². The minimum Gasteiger partial charge on any atom is -0.478 e. The van der Waals surface area contributed by atoms with Crippen LogP contribution in [0.5, 0.6) is 0 Å². The molecule has 1 aromatic rings. The smallest absolute Gasteiger partial charge is 0.337 e. The van der Waals surface area contributed by atoms with Gasteiger partial charge in [-0.1, -0.05) is 0 Å². The van der Waals surface area contributed by atoms with E-state index < -0.39 is 5.97 Å². The highest BCUT2D eigenvalue weighted by molar-refractivity contribution is 5.88. The number of carbonyl (C=O) groups is 1. The van der Waals surface area contributed by atoms with Crippen LogP contribution in [0, 0.1) is 6.92 Å². The Morgan fingerprint density at radius 3 is 2.79 bits per heavy atom. The summed E-state index contributed by atoms with van der Waals surface area (Å²) in [4.78, 5) is 14.7. The molecule has 0 aliphatic carbocycles. The first-order chi connectivity index (χ1) is 6.65. The molecule has 0 fully saturated rings. The van der Waals surface area contributed by atoms with E-state index >= 15 is 0 Å². The highest BCUT2D eigenvalue weighted by Gasteiger charge is 2.07. The number of aliphatic hydroxyl groups excluding tert-OH is 1. The number of rotatable bonds is 4. The molecule has 0 saturated carbocycles. The van der Waals surface area contributed by atoms with Crippen LogP contribution in [0.3, 0.4) is 0 Å². The number of aryl methyl sites for hydroxylation is 1. The Morgan fingerprint density at radius 2 is 2.29 bits per heavy atom. The lowest BCUT2D eigenvalue weighted by Crippen LogP contribution is -2.09. The van der Waals surface area contributed by atoms with Crippen molar-refractivity contribution in [2.75, 3.05) is 18.5 Å². The minimum absolute atomic E-state index is 0.0153. The van der Waals surface area contributed by atoms with Gasteiger partial charge >= 0.3 is 5.97 Å². The zero-order valence-corrected chi connectivity index (χ0v) is 7.82. The predicted molar refractivity (Wildman–Crippen MR) is 51.5 cm³/mol. The van der Waals surface area contributed by atoms with Gasteiger partial charge in [-0.15, -0.1) is 0 Å². The molecule has 0 radical (unpaired) electrons. The maximum Gasteiger partial charge on any atom is 0.337 e. The lowest BCUT2D eigenvalue weighted by molar-refractivity contribution is 0.0695. The summed E-state index contributed by atoms with van der Waals surface area (Å²) < 4.78 is 0. The van der Waals surface area contributed by atoms with Crippen LogP contribution < -0.4 is 5.32 Å². The van der Waals surface area contributed by atoms with Crippen molar-refractivity contribution in [1.29, 1.82) is 0 Å². The lowest BCUT2D eigenvalue weighted by Gasteiger charge is -2.05. The van der Waals surface area contributed by atoms with Crippen LogP contribution in [-0.4, -0.2) is 34.3 Å². The Bertz CT molecular complexity index is 339. The molecule has 0 spiro atoms. The zero-order chi connectivity index (χ0) is 10.6. The molecular weight excluding hydrogens is 184 g/mol. The lowest BCUT2D eigenvalue weighted by atomic mass is 10.2. The molecule has 5 nitrogen and oxygen atoms in total. The Balaban J connectivity index is 2.83. The van der Waals surface area contributed by atoms with E-state index in [1.165, 1.54) is 6.07 Å². The number of aromatic carboxylic acids is 1. The SMILES string of the molecule is Cc1nc(NCCO)ccc1C(=O)O. The van der Waals surface area contributed by atoms with Gasteiger partial charge in [-0.25, -0.2) is 9.78 Å². The number of aromatic nitrogens is 1. The quantitative estimate of drug-likeness (QED) is 0.653. The molecule has 0 unspecified atom stereocenters. The molecule has 0 saturated heterocycles. The third-order valence-corrected chi connectivity index (χ3v) is 1.73. The van der Waals surface area contributed by atoms with E-state index in [9.17, 15) is 4.79 Å². The standard InChI is InChI=1S/C9H12N2O3/c1-6-7(9(13)14)2-3-8(11-6)10-4-5-12/h2-3,12H,4-5H2,1H3,(H,10,11)(H,13,14). The minimum atomic E-state index is -0.983. The zero-order valence-electron chi connectivity index (χ0n) is 7.82. The van der Waals surface area contributed by atoms with Crippen molar-refractivity contribution in [1.82, 2.24) is 4.98 Å². The second kappa shape index (κ2) is 4.57. The molecule has 5 heteroatoms. The van der Waals surface area contributed by atoms with Gasteiger partial charge in [0.2, 0.25) is 0 Å². The van der Waals surface area contributed by atoms with E-state index in [1.54, 1.807) is 13.0 Å². The highest BCUT2D eigenvalue weighted by Crippen LogP contribution is 2.09. The van der Waals surface area contributed by atoms with Gasteiger partial charge in [0, 0.05) is 6.54 Å². The summed E-state index contributed by atoms with van der Waals surface area (Å²) >= 11 is 0. The molecule has 0 aromatic carbocycles. The maximum absolute atomic E-state index is 10.6. The van der Waals surface area contributed by atoms with Crippen LogP contribution in [-0.2, 0) is 0 Å². The van der Waals surface area contributed by atoms with Crippen LogP contribution in [0.4, 0.5) is 5.82 Å². The molecule has 0 aliphatic heterocycles. The number of nitrogens with zero attached hydrogens (tertiary/aromatic N) is 1. The summed E-state index contributed by atoms with van der Waals surface area (Å²) in [7, 11) is 0. The summed E-state index contributed by atoms with van der Waals surface area (Å²) in [5.74, 6) is -0.412. The third-order valence-electron chi connectivity index (χ3n) is 1.73. The first-order valence-corrected chi connectivity index (χ1v) is 4.21. The first kappa shape index (κ1) is 10.5. The topological polar surface area (TPSA) is 82.5 Å². The Labute approximate surface area is 81.4 Å². The summed E-state index contributed by atoms with van der Waals surface area (Å²) in [5.41, 5.74) is 0.653. The van der Waals surface area contributed by atoms with Gasteiger partial charge in [0.15, 0.2) is 0 Å². The number of carboxylic acids is 1. The van der Waals surface area contributed by atoms with E-state index in [4.69, 9.17) is 10.2 Å². The van der Waals surface area contributed by atoms with E-state index in [-0.39, 0.29) is 12.2 Å². The number of nitrogens with one attached hydrogen (secondary N) is 1. The highest BCUT2D eigenvalue weighted by atomic mass is 16.4. The summed E-state index contributed by atoms with van der Waals surface area (Å²) in [6, 6.07) is 3.07. The average Bonchev–Trinajstić information content (AvgIpc) is 2.14. The first-order valence-electron chi connectivity index (χ1n) is 4.21. The van der Waals surface area contributed by atoms with Crippen molar-refractivity contribution < 1.29 is 15.0 Å². The molecule has 0 aliphatic rings. The van der Waals surface area contributed by atoms with Crippen molar-refractivity contribution in [2.24, 2.45) is 0 Å². The second-order valence-electron chi connectivity index (χ2n) is 2.78. The molecule has 1 heterocycles. The number of hydrogen-bond donors (Lipinski definition) is 3. The fourth-order valence-electron chi connectivity index (χ4n) is 1.07. The van der Waals surface area contributed by atoms with E-state index in [0.29, 0.717) is 18.1 Å². The summed E-state index contributed by atoms with van der Waals surface area (Å²) in [5, 5.41) is 20.1. The molecule has 1 aromatic heterocycles. The summed E-state index contributed by atoms with van der Waals surface area (Å²) in [6.07, 6.45) is 0. The van der Waals surface area contributed by atoms with Crippen LogP contribution in [0.25, 0.3) is 0 Å². The van der Waals surface area contributed by atoms with Crippen LogP contribution in [0.15, 0.2) is 12.1 Å². The van der Waals surface area contributed by atoms with Crippen LogP contribution in [0.2, 0.25) is 0 Å². The van der Waals surface area contributed by atoms with Gasteiger partial charge < -0.3 is 15.5 Å². The predicted octanol–water partition coefficient (Wildman–Crippen LogP) is 0.492. The fourth-order valence-corrected chi connectivity index (χ4v) is 1.07. The van der Waals surface area contributed by atoms with Gasteiger partial charge in [0.1, 0.15) is 5.82 Å². The van der Waals surface area contributed by atoms with Crippen molar-refractivity contribution in [3.05, 3.63) is 23.4 Å². The second-order valence-corrected chi connectivity index (χ2v) is 2.78. The number of anilines is 1. The van der Waals surface area contributed by atoms with Gasteiger partial charge in [0.25, 0.3) is 0 Å². The van der Waals surface area contributed by atoms with Crippen molar-refractivity contribution >= 4 is 11.8 Å². The molecule has 1 rings (SSSR count). The number of carboxylic acid groups (broad SMARTS) is 1. The Hall–Kier alpha value is -1.62. The van der Waals surface area contributed by atoms with Gasteiger partial charge in [-0.3, -0.25) is 0 Å².